The number of carbonyl (C=O) groups is 2. The molecular formula is C11H20N2O3. The number of nitrogens with zero attached hydrogens (tertiary/aromatic N) is 1. The van der Waals surface area contributed by atoms with Crippen molar-refractivity contribution in [3.63, 3.8) is 0 Å². The Kier molecular flexibility index (Phi) is 4.73. The van der Waals surface area contributed by atoms with Crippen LogP contribution >= 0.6 is 0 Å². The van der Waals surface area contributed by atoms with Gasteiger partial charge in [0.2, 0.25) is 5.91 Å². The molecule has 2 unspecified atom stereocenters. The van der Waals surface area contributed by atoms with Crippen LogP contribution in [0.25, 0.3) is 0 Å². The molecule has 1 heterocycles. The Bertz CT molecular complexity index is 268. The van der Waals surface area contributed by atoms with Crippen molar-refractivity contribution in [1.82, 2.24) is 10.2 Å². The molecule has 2 atom stereocenters. The number of rotatable bonds is 5. The van der Waals surface area contributed by atoms with Gasteiger partial charge in [0, 0.05) is 25.0 Å². The highest BCUT2D eigenvalue weighted by Gasteiger charge is 2.29. The van der Waals surface area contributed by atoms with E-state index in [0.717, 1.165) is 6.42 Å². The van der Waals surface area contributed by atoms with Crippen molar-refractivity contribution >= 4 is 11.9 Å². The molecule has 92 valence electrons. The molecule has 0 spiro atoms. The predicted octanol–water partition coefficient (Wildman–Crippen LogP) is 0.450. The van der Waals surface area contributed by atoms with Gasteiger partial charge in [0.1, 0.15) is 0 Å². The van der Waals surface area contributed by atoms with Crippen molar-refractivity contribution < 1.29 is 14.7 Å². The van der Waals surface area contributed by atoms with Gasteiger partial charge in [-0.1, -0.05) is 6.92 Å². The van der Waals surface area contributed by atoms with E-state index in [1.165, 1.54) is 0 Å². The molecule has 0 aromatic rings. The summed E-state index contributed by atoms with van der Waals surface area (Å²) in [4.78, 5) is 24.0. The minimum Gasteiger partial charge on any atom is -0.481 e. The summed E-state index contributed by atoms with van der Waals surface area (Å²) in [6.07, 6.45) is 1.73. The Labute approximate surface area is 95.8 Å². The van der Waals surface area contributed by atoms with Crippen LogP contribution in [0.2, 0.25) is 0 Å². The highest BCUT2D eigenvalue weighted by Crippen LogP contribution is 2.15. The number of carboxylic acid groups (broad SMARTS) is 1. The van der Waals surface area contributed by atoms with Crippen LogP contribution in [0.5, 0.6) is 0 Å². The van der Waals surface area contributed by atoms with Crippen LogP contribution < -0.4 is 5.32 Å². The molecule has 0 saturated carbocycles. The molecule has 1 rings (SSSR count). The monoisotopic (exact) mass is 228 g/mol. The van der Waals surface area contributed by atoms with Crippen molar-refractivity contribution in [2.24, 2.45) is 0 Å². The molecule has 1 fully saturated rings. The maximum atomic E-state index is 11.3. The lowest BCUT2D eigenvalue weighted by Crippen LogP contribution is -2.57. The zero-order chi connectivity index (χ0) is 12.1. The molecule has 2 N–H and O–H groups in total. The molecule has 0 radical (unpaired) electrons. The normalized spacial score (nSPS) is 23.9. The second-order valence-corrected chi connectivity index (χ2v) is 4.32. The minimum absolute atomic E-state index is 0.0341. The first-order chi connectivity index (χ1) is 7.54. The van der Waals surface area contributed by atoms with E-state index in [4.69, 9.17) is 5.11 Å². The van der Waals surface area contributed by atoms with E-state index in [1.54, 1.807) is 0 Å². The third-order valence-electron chi connectivity index (χ3n) is 3.18. The summed E-state index contributed by atoms with van der Waals surface area (Å²) in [5.41, 5.74) is 0. The molecule has 1 aliphatic heterocycles. The summed E-state index contributed by atoms with van der Waals surface area (Å²) in [5.74, 6) is -0.743. The van der Waals surface area contributed by atoms with E-state index in [-0.39, 0.29) is 18.4 Å². The molecule has 5 heteroatoms. The molecule has 0 bridgehead atoms. The van der Waals surface area contributed by atoms with E-state index in [1.807, 2.05) is 0 Å². The number of carboxylic acids is 1. The number of nitrogens with one attached hydrogen (secondary N) is 1. The maximum absolute atomic E-state index is 11.3. The fraction of sp³-hybridized carbons (Fsp3) is 0.818. The van der Waals surface area contributed by atoms with Crippen LogP contribution in [0.15, 0.2) is 0 Å². The highest BCUT2D eigenvalue weighted by molar-refractivity contribution is 5.79. The van der Waals surface area contributed by atoms with Gasteiger partial charge in [-0.2, -0.15) is 0 Å². The molecule has 1 amide bonds. The van der Waals surface area contributed by atoms with Crippen molar-refractivity contribution in [1.29, 1.82) is 0 Å². The van der Waals surface area contributed by atoms with Gasteiger partial charge < -0.3 is 10.4 Å². The average Bonchev–Trinajstić information content (AvgIpc) is 2.26. The van der Waals surface area contributed by atoms with E-state index >= 15 is 0 Å². The SMILES string of the molecule is CCC(C)N1CC(=O)NCC1CCC(=O)O. The lowest BCUT2D eigenvalue weighted by molar-refractivity contribution is -0.137. The summed E-state index contributed by atoms with van der Waals surface area (Å²) < 4.78 is 0. The molecular weight excluding hydrogens is 208 g/mol. The predicted molar refractivity (Wildman–Crippen MR) is 60.1 cm³/mol. The Morgan fingerprint density at radius 1 is 1.69 bits per heavy atom. The van der Waals surface area contributed by atoms with Gasteiger partial charge in [-0.05, 0) is 19.8 Å². The number of hydrogen-bond acceptors (Lipinski definition) is 3. The maximum Gasteiger partial charge on any atom is 0.303 e. The van der Waals surface area contributed by atoms with Crippen molar-refractivity contribution in [3.8, 4) is 0 Å². The zero-order valence-electron chi connectivity index (χ0n) is 9.90. The van der Waals surface area contributed by atoms with Crippen LogP contribution in [-0.4, -0.2) is 47.1 Å². The Hall–Kier alpha value is -1.10. The lowest BCUT2D eigenvalue weighted by atomic mass is 10.0. The number of hydrogen-bond donors (Lipinski definition) is 2. The molecule has 0 aliphatic carbocycles. The highest BCUT2D eigenvalue weighted by atomic mass is 16.4. The van der Waals surface area contributed by atoms with E-state index in [9.17, 15) is 9.59 Å². The van der Waals surface area contributed by atoms with E-state index < -0.39 is 5.97 Å². The van der Waals surface area contributed by atoms with Crippen LogP contribution in [-0.2, 0) is 9.59 Å². The number of carbonyl (C=O) groups excluding carboxylic acids is 1. The summed E-state index contributed by atoms with van der Waals surface area (Å²) in [6.45, 7) is 5.10. The van der Waals surface area contributed by atoms with Crippen molar-refractivity contribution in [2.75, 3.05) is 13.1 Å². The van der Waals surface area contributed by atoms with Crippen LogP contribution in [0.1, 0.15) is 33.1 Å². The third-order valence-corrected chi connectivity index (χ3v) is 3.18. The quantitative estimate of drug-likeness (QED) is 0.717. The number of piperazine rings is 1. The molecule has 0 aromatic heterocycles. The largest absolute Gasteiger partial charge is 0.481 e. The van der Waals surface area contributed by atoms with Gasteiger partial charge in [0.25, 0.3) is 0 Å². The van der Waals surface area contributed by atoms with Crippen LogP contribution in [0, 0.1) is 0 Å². The Morgan fingerprint density at radius 3 is 2.94 bits per heavy atom. The molecule has 16 heavy (non-hydrogen) atoms. The third kappa shape index (κ3) is 3.48. The smallest absolute Gasteiger partial charge is 0.303 e. The number of aliphatic carboxylic acids is 1. The number of amides is 1. The van der Waals surface area contributed by atoms with Crippen molar-refractivity contribution in [2.45, 2.75) is 45.2 Å². The fourth-order valence-corrected chi connectivity index (χ4v) is 2.01. The molecule has 1 aliphatic rings. The summed E-state index contributed by atoms with van der Waals surface area (Å²) in [6, 6.07) is 0.480. The summed E-state index contributed by atoms with van der Waals surface area (Å²) >= 11 is 0. The fourth-order valence-electron chi connectivity index (χ4n) is 2.01. The summed E-state index contributed by atoms with van der Waals surface area (Å²) in [7, 11) is 0. The first-order valence-electron chi connectivity index (χ1n) is 5.78. The second-order valence-electron chi connectivity index (χ2n) is 4.32. The van der Waals surface area contributed by atoms with Crippen LogP contribution in [0.3, 0.4) is 0 Å². The Morgan fingerprint density at radius 2 is 2.38 bits per heavy atom. The van der Waals surface area contributed by atoms with E-state index in [0.29, 0.717) is 25.6 Å². The van der Waals surface area contributed by atoms with Gasteiger partial charge in [-0.15, -0.1) is 0 Å². The standard InChI is InChI=1S/C11H20N2O3/c1-3-8(2)13-7-10(14)12-6-9(13)4-5-11(15)16/h8-9H,3-7H2,1-2H3,(H,12,14)(H,15,16). The first kappa shape index (κ1) is 13.0. The molecule has 1 saturated heterocycles. The Balaban J connectivity index is 2.57. The summed E-state index contributed by atoms with van der Waals surface area (Å²) in [5, 5.41) is 11.5. The minimum atomic E-state index is -0.777. The zero-order valence-corrected chi connectivity index (χ0v) is 9.90. The average molecular weight is 228 g/mol. The topological polar surface area (TPSA) is 69.6 Å². The second kappa shape index (κ2) is 5.84. The van der Waals surface area contributed by atoms with Gasteiger partial charge in [0.05, 0.1) is 6.54 Å². The molecule has 0 aromatic carbocycles. The first-order valence-corrected chi connectivity index (χ1v) is 5.78. The van der Waals surface area contributed by atoms with E-state index in [2.05, 4.69) is 24.1 Å². The van der Waals surface area contributed by atoms with Crippen LogP contribution in [0.4, 0.5) is 0 Å². The van der Waals surface area contributed by atoms with Gasteiger partial charge in [0.15, 0.2) is 0 Å². The molecule has 5 nitrogen and oxygen atoms in total. The van der Waals surface area contributed by atoms with Gasteiger partial charge in [-0.25, -0.2) is 0 Å². The van der Waals surface area contributed by atoms with Gasteiger partial charge in [-0.3, -0.25) is 14.5 Å². The van der Waals surface area contributed by atoms with Gasteiger partial charge >= 0.3 is 5.97 Å². The lowest BCUT2D eigenvalue weighted by Gasteiger charge is -2.39. The van der Waals surface area contributed by atoms with Crippen molar-refractivity contribution in [3.05, 3.63) is 0 Å².